The number of ketones is 1. The summed E-state index contributed by atoms with van der Waals surface area (Å²) in [6.07, 6.45) is 0.926. The quantitative estimate of drug-likeness (QED) is 0.458. The topological polar surface area (TPSA) is 148 Å². The number of ether oxygens (including phenoxy) is 3. The molecule has 1 heterocycles. The van der Waals surface area contributed by atoms with Gasteiger partial charge in [0.1, 0.15) is 23.3 Å². The molecule has 0 saturated heterocycles. The van der Waals surface area contributed by atoms with Crippen molar-refractivity contribution in [2.45, 2.75) is 18.9 Å². The molecule has 3 rings (SSSR count). The van der Waals surface area contributed by atoms with Gasteiger partial charge in [-0.15, -0.1) is 0 Å². The average molecular weight is 455 g/mol. The molecule has 10 heteroatoms. The number of hydrogen-bond acceptors (Lipinski definition) is 7. The van der Waals surface area contributed by atoms with Crippen molar-refractivity contribution in [1.82, 2.24) is 5.32 Å². The summed E-state index contributed by atoms with van der Waals surface area (Å²) in [5, 5.41) is 20.0. The van der Waals surface area contributed by atoms with Crippen LogP contribution in [0.1, 0.15) is 28.8 Å². The van der Waals surface area contributed by atoms with E-state index in [4.69, 9.17) is 24.4 Å². The van der Waals surface area contributed by atoms with Gasteiger partial charge in [-0.1, -0.05) is 12.1 Å². The lowest BCUT2D eigenvalue weighted by Crippen LogP contribution is -2.43. The monoisotopic (exact) mass is 455 g/mol. The Labute approximate surface area is 188 Å². The molecule has 0 radical (unpaired) electrons. The molecule has 0 fully saturated rings. The standard InChI is InChI=1S/C23H21NO9/c1-31-14-4-2-3-13(9-14)10-19-22(28)16-6-5-15(11-18(16)33-19)32-12-20(25)24-17(23(29)30)7-8-21(26)27/h2-6,9-11,17H,7-8,12H2,1H3,(H,24,25)(H,26,27)(H,29,30). The summed E-state index contributed by atoms with van der Waals surface area (Å²) in [5.41, 5.74) is 1.05. The molecule has 1 unspecified atom stereocenters. The fourth-order valence-corrected chi connectivity index (χ4v) is 3.05. The van der Waals surface area contributed by atoms with Gasteiger partial charge in [-0.2, -0.15) is 0 Å². The highest BCUT2D eigenvalue weighted by molar-refractivity contribution is 6.14. The Morgan fingerprint density at radius 2 is 1.91 bits per heavy atom. The van der Waals surface area contributed by atoms with Crippen molar-refractivity contribution >= 4 is 29.7 Å². The predicted octanol–water partition coefficient (Wildman–Crippen LogP) is 2.12. The van der Waals surface area contributed by atoms with Gasteiger partial charge in [-0.05, 0) is 42.3 Å². The Morgan fingerprint density at radius 1 is 1.12 bits per heavy atom. The third-order valence-electron chi connectivity index (χ3n) is 4.68. The van der Waals surface area contributed by atoms with E-state index in [-0.39, 0.29) is 29.5 Å². The Bertz CT molecular complexity index is 1120. The summed E-state index contributed by atoms with van der Waals surface area (Å²) in [4.78, 5) is 46.4. The van der Waals surface area contributed by atoms with E-state index in [1.54, 1.807) is 37.5 Å². The number of nitrogens with one attached hydrogen (secondary N) is 1. The summed E-state index contributed by atoms with van der Waals surface area (Å²) < 4.78 is 16.2. The number of benzene rings is 2. The van der Waals surface area contributed by atoms with Gasteiger partial charge in [-0.3, -0.25) is 14.4 Å². The first-order valence-corrected chi connectivity index (χ1v) is 9.86. The molecule has 10 nitrogen and oxygen atoms in total. The minimum atomic E-state index is -1.34. The van der Waals surface area contributed by atoms with Crippen LogP contribution in [0.15, 0.2) is 48.2 Å². The molecule has 1 atom stereocenters. The number of rotatable bonds is 10. The zero-order valence-corrected chi connectivity index (χ0v) is 17.6. The molecular formula is C23H21NO9. The molecule has 2 aromatic carbocycles. The van der Waals surface area contributed by atoms with Gasteiger partial charge in [0.25, 0.3) is 5.91 Å². The van der Waals surface area contributed by atoms with Crippen molar-refractivity contribution in [2.75, 3.05) is 13.7 Å². The highest BCUT2D eigenvalue weighted by atomic mass is 16.5. The van der Waals surface area contributed by atoms with Crippen LogP contribution < -0.4 is 19.5 Å². The van der Waals surface area contributed by atoms with Crippen molar-refractivity contribution in [3.05, 3.63) is 59.4 Å². The molecule has 172 valence electrons. The van der Waals surface area contributed by atoms with Crippen LogP contribution in [0.3, 0.4) is 0 Å². The molecule has 0 bridgehead atoms. The summed E-state index contributed by atoms with van der Waals surface area (Å²) in [7, 11) is 1.54. The maximum Gasteiger partial charge on any atom is 0.326 e. The predicted molar refractivity (Wildman–Crippen MR) is 114 cm³/mol. The number of methoxy groups -OCH3 is 1. The van der Waals surface area contributed by atoms with Crippen molar-refractivity contribution < 1.29 is 43.6 Å². The molecule has 2 aromatic rings. The second kappa shape index (κ2) is 10.3. The van der Waals surface area contributed by atoms with Crippen molar-refractivity contribution in [1.29, 1.82) is 0 Å². The number of hydrogen-bond donors (Lipinski definition) is 3. The molecule has 1 aliphatic rings. The maximum atomic E-state index is 12.6. The number of fused-ring (bicyclic) bond motifs is 1. The summed E-state index contributed by atoms with van der Waals surface area (Å²) >= 11 is 0. The maximum absolute atomic E-state index is 12.6. The molecule has 1 aliphatic heterocycles. The molecular weight excluding hydrogens is 434 g/mol. The van der Waals surface area contributed by atoms with Crippen LogP contribution in [-0.2, 0) is 14.4 Å². The Kier molecular flexibility index (Phi) is 7.29. The normalized spacial score (nSPS) is 14.2. The van der Waals surface area contributed by atoms with E-state index in [9.17, 15) is 19.2 Å². The van der Waals surface area contributed by atoms with Crippen LogP contribution in [0.5, 0.6) is 17.2 Å². The van der Waals surface area contributed by atoms with E-state index in [0.717, 1.165) is 5.56 Å². The lowest BCUT2D eigenvalue weighted by atomic mass is 10.1. The van der Waals surface area contributed by atoms with Crippen molar-refractivity contribution in [3.63, 3.8) is 0 Å². The van der Waals surface area contributed by atoms with Gasteiger partial charge in [0, 0.05) is 12.5 Å². The molecule has 0 spiro atoms. The van der Waals surface area contributed by atoms with Gasteiger partial charge in [0.05, 0.1) is 12.7 Å². The van der Waals surface area contributed by atoms with Crippen molar-refractivity contribution in [3.8, 4) is 17.2 Å². The van der Waals surface area contributed by atoms with Crippen LogP contribution in [0.25, 0.3) is 6.08 Å². The molecule has 1 amide bonds. The lowest BCUT2D eigenvalue weighted by Gasteiger charge is -2.14. The van der Waals surface area contributed by atoms with Gasteiger partial charge >= 0.3 is 11.9 Å². The first-order valence-electron chi connectivity index (χ1n) is 9.86. The average Bonchev–Trinajstić information content (AvgIpc) is 3.09. The van der Waals surface area contributed by atoms with Crippen LogP contribution in [0.2, 0.25) is 0 Å². The second-order valence-electron chi connectivity index (χ2n) is 7.05. The van der Waals surface area contributed by atoms with Crippen LogP contribution in [0, 0.1) is 0 Å². The number of amides is 1. The molecule has 33 heavy (non-hydrogen) atoms. The highest BCUT2D eigenvalue weighted by Gasteiger charge is 2.28. The third-order valence-corrected chi connectivity index (χ3v) is 4.68. The number of carboxylic acid groups (broad SMARTS) is 2. The molecule has 0 aromatic heterocycles. The smallest absolute Gasteiger partial charge is 0.326 e. The van der Waals surface area contributed by atoms with E-state index in [0.29, 0.717) is 11.3 Å². The summed E-state index contributed by atoms with van der Waals surface area (Å²) in [5.74, 6) is -2.30. The van der Waals surface area contributed by atoms with E-state index in [1.165, 1.54) is 18.2 Å². The van der Waals surface area contributed by atoms with Crippen molar-refractivity contribution in [2.24, 2.45) is 0 Å². The number of allylic oxidation sites excluding steroid dienone is 1. The zero-order valence-electron chi connectivity index (χ0n) is 17.6. The zero-order chi connectivity index (χ0) is 24.0. The fraction of sp³-hybridized carbons (Fsp3) is 0.217. The fourth-order valence-electron chi connectivity index (χ4n) is 3.05. The summed E-state index contributed by atoms with van der Waals surface area (Å²) in [6.45, 7) is -0.504. The van der Waals surface area contributed by atoms with E-state index < -0.39 is 36.9 Å². The SMILES string of the molecule is COc1cccc(C=C2Oc3cc(OCC(=O)NC(CCC(=O)O)C(=O)O)ccc3C2=O)c1. The Hall–Kier alpha value is -4.34. The van der Waals surface area contributed by atoms with Gasteiger partial charge in [0.15, 0.2) is 12.4 Å². The van der Waals surface area contributed by atoms with E-state index in [1.807, 2.05) is 0 Å². The number of carboxylic acids is 2. The van der Waals surface area contributed by atoms with Gasteiger partial charge in [-0.25, -0.2) is 4.79 Å². The Morgan fingerprint density at radius 3 is 2.61 bits per heavy atom. The van der Waals surface area contributed by atoms with Crippen LogP contribution in [-0.4, -0.2) is 53.6 Å². The van der Waals surface area contributed by atoms with E-state index >= 15 is 0 Å². The molecule has 3 N–H and O–H groups in total. The first kappa shape index (κ1) is 23.3. The molecule has 0 aliphatic carbocycles. The van der Waals surface area contributed by atoms with Gasteiger partial charge < -0.3 is 29.7 Å². The second-order valence-corrected chi connectivity index (χ2v) is 7.05. The first-order chi connectivity index (χ1) is 15.8. The number of Topliss-reactive ketones (excluding diaryl/α,β-unsaturated/α-hetero) is 1. The number of aliphatic carboxylic acids is 2. The number of carbonyl (C=O) groups excluding carboxylic acids is 2. The largest absolute Gasteiger partial charge is 0.497 e. The lowest BCUT2D eigenvalue weighted by molar-refractivity contribution is -0.143. The molecule has 0 saturated carbocycles. The minimum absolute atomic E-state index is 0.121. The number of carbonyl (C=O) groups is 4. The van der Waals surface area contributed by atoms with E-state index in [2.05, 4.69) is 5.32 Å². The Balaban J connectivity index is 1.62. The third kappa shape index (κ3) is 6.10. The van der Waals surface area contributed by atoms with Crippen LogP contribution >= 0.6 is 0 Å². The minimum Gasteiger partial charge on any atom is -0.497 e. The van der Waals surface area contributed by atoms with Gasteiger partial charge in [0.2, 0.25) is 5.78 Å². The summed E-state index contributed by atoms with van der Waals surface area (Å²) in [6, 6.07) is 10.2. The highest BCUT2D eigenvalue weighted by Crippen LogP contribution is 2.35. The van der Waals surface area contributed by atoms with Crippen LogP contribution in [0.4, 0.5) is 0 Å².